The van der Waals surface area contributed by atoms with E-state index in [0.29, 0.717) is 5.69 Å². The monoisotopic (exact) mass is 313 g/mol. The number of aromatic carboxylic acids is 1. The molecule has 23 heavy (non-hydrogen) atoms. The molecule has 0 aliphatic rings. The molecule has 1 N–H and O–H groups in total. The minimum absolute atomic E-state index is 0.209. The average Bonchev–Trinajstić information content (AvgIpc) is 2.48. The van der Waals surface area contributed by atoms with Crippen molar-refractivity contribution < 1.29 is 14.7 Å². The van der Waals surface area contributed by atoms with Gasteiger partial charge >= 0.3 is 5.97 Å². The first-order valence-electron chi connectivity index (χ1n) is 7.31. The summed E-state index contributed by atoms with van der Waals surface area (Å²) in [5, 5.41) is 9.15. The molecule has 0 fully saturated rings. The second-order valence-corrected chi connectivity index (χ2v) is 5.70. The molecule has 0 spiro atoms. The van der Waals surface area contributed by atoms with Gasteiger partial charge in [-0.2, -0.15) is 0 Å². The van der Waals surface area contributed by atoms with E-state index in [-0.39, 0.29) is 11.3 Å². The van der Waals surface area contributed by atoms with Crippen LogP contribution in [0.25, 0.3) is 11.3 Å². The molecule has 2 aromatic rings. The Morgan fingerprint density at radius 3 is 2.26 bits per heavy atom. The molecule has 1 aromatic heterocycles. The van der Waals surface area contributed by atoms with Gasteiger partial charge in [0.1, 0.15) is 5.56 Å². The van der Waals surface area contributed by atoms with Crippen LogP contribution in [0.1, 0.15) is 41.4 Å². The Balaban J connectivity index is 2.80. The maximum Gasteiger partial charge on any atom is 0.341 e. The molecular formula is C18H19NO4. The lowest BCUT2D eigenvalue weighted by Gasteiger charge is -2.19. The molecule has 0 bridgehead atoms. The number of carboxylic acids is 1. The molecule has 1 heterocycles. The van der Waals surface area contributed by atoms with Gasteiger partial charge in [-0.05, 0) is 62.6 Å². The molecule has 0 radical (unpaired) electrons. The lowest BCUT2D eigenvalue weighted by molar-refractivity contribution is -0.119. The third kappa shape index (κ3) is 3.08. The highest BCUT2D eigenvalue weighted by molar-refractivity contribution is 5.88. The average molecular weight is 313 g/mol. The SMILES string of the molecule is CC(=O)C(C)n1c(-c2ccc(C)c(C)c2)ccc(C(=O)O)c1=O. The highest BCUT2D eigenvalue weighted by atomic mass is 16.4. The first-order chi connectivity index (χ1) is 10.7. The normalized spacial score (nSPS) is 12.0. The minimum atomic E-state index is -1.30. The predicted octanol–water partition coefficient (Wildman–Crippen LogP) is 2.98. The number of carboxylic acid groups (broad SMARTS) is 1. The summed E-state index contributed by atoms with van der Waals surface area (Å²) < 4.78 is 1.26. The fraction of sp³-hybridized carbons (Fsp3) is 0.278. The zero-order valence-electron chi connectivity index (χ0n) is 13.6. The summed E-state index contributed by atoms with van der Waals surface area (Å²) in [5.74, 6) is -1.51. The number of aryl methyl sites for hydroxylation is 2. The van der Waals surface area contributed by atoms with E-state index in [1.165, 1.54) is 17.6 Å². The van der Waals surface area contributed by atoms with Crippen LogP contribution in [0, 0.1) is 13.8 Å². The van der Waals surface area contributed by atoms with Gasteiger partial charge in [0.15, 0.2) is 5.78 Å². The molecule has 1 unspecified atom stereocenters. The Kier molecular flexibility index (Phi) is 4.50. The summed E-state index contributed by atoms with van der Waals surface area (Å²) in [4.78, 5) is 35.5. The molecule has 0 aliphatic carbocycles. The van der Waals surface area contributed by atoms with Crippen molar-refractivity contribution in [2.24, 2.45) is 0 Å². The number of benzene rings is 1. The Labute approximate surface area is 134 Å². The largest absolute Gasteiger partial charge is 0.477 e. The number of carbonyl (C=O) groups excluding carboxylic acids is 1. The van der Waals surface area contributed by atoms with E-state index < -0.39 is 17.6 Å². The van der Waals surface area contributed by atoms with Crippen LogP contribution in [-0.2, 0) is 4.79 Å². The first kappa shape index (κ1) is 16.7. The van der Waals surface area contributed by atoms with Crippen molar-refractivity contribution in [2.45, 2.75) is 33.7 Å². The van der Waals surface area contributed by atoms with Gasteiger partial charge in [-0.1, -0.05) is 12.1 Å². The van der Waals surface area contributed by atoms with E-state index >= 15 is 0 Å². The van der Waals surface area contributed by atoms with Crippen LogP contribution in [0.3, 0.4) is 0 Å². The summed E-state index contributed by atoms with van der Waals surface area (Å²) >= 11 is 0. The van der Waals surface area contributed by atoms with Gasteiger partial charge < -0.3 is 5.11 Å². The summed E-state index contributed by atoms with van der Waals surface area (Å²) in [7, 11) is 0. The number of aromatic nitrogens is 1. The van der Waals surface area contributed by atoms with Gasteiger partial charge in [0, 0.05) is 0 Å². The van der Waals surface area contributed by atoms with Crippen LogP contribution >= 0.6 is 0 Å². The molecule has 0 amide bonds. The maximum absolute atomic E-state index is 12.5. The zero-order chi connectivity index (χ0) is 17.3. The fourth-order valence-corrected chi connectivity index (χ4v) is 2.42. The number of nitrogens with zero attached hydrogens (tertiary/aromatic N) is 1. The Bertz CT molecular complexity index is 849. The van der Waals surface area contributed by atoms with Crippen LogP contribution in [0.5, 0.6) is 0 Å². The number of rotatable bonds is 4. The van der Waals surface area contributed by atoms with Gasteiger partial charge in [-0.3, -0.25) is 14.2 Å². The third-order valence-corrected chi connectivity index (χ3v) is 4.13. The van der Waals surface area contributed by atoms with Crippen LogP contribution in [0.4, 0.5) is 0 Å². The molecule has 5 nitrogen and oxygen atoms in total. The van der Waals surface area contributed by atoms with Crippen molar-refractivity contribution in [1.29, 1.82) is 0 Å². The summed E-state index contributed by atoms with van der Waals surface area (Å²) in [5.41, 5.74) is 2.46. The van der Waals surface area contributed by atoms with Crippen LogP contribution < -0.4 is 5.56 Å². The summed E-state index contributed by atoms with van der Waals surface area (Å²) in [6, 6.07) is 7.85. The Morgan fingerprint density at radius 1 is 1.09 bits per heavy atom. The van der Waals surface area contributed by atoms with Crippen molar-refractivity contribution in [3.63, 3.8) is 0 Å². The molecule has 0 saturated carbocycles. The number of ketones is 1. The van der Waals surface area contributed by atoms with Crippen molar-refractivity contribution in [2.75, 3.05) is 0 Å². The van der Waals surface area contributed by atoms with E-state index in [9.17, 15) is 14.4 Å². The van der Waals surface area contributed by atoms with Crippen molar-refractivity contribution in [3.8, 4) is 11.3 Å². The molecule has 0 aliphatic heterocycles. The quantitative estimate of drug-likeness (QED) is 0.941. The van der Waals surface area contributed by atoms with Crippen LogP contribution in [-0.4, -0.2) is 21.4 Å². The Hall–Kier alpha value is -2.69. The molecule has 1 aromatic carbocycles. The lowest BCUT2D eigenvalue weighted by atomic mass is 10.0. The lowest BCUT2D eigenvalue weighted by Crippen LogP contribution is -2.32. The van der Waals surface area contributed by atoms with E-state index in [4.69, 9.17) is 5.11 Å². The fourth-order valence-electron chi connectivity index (χ4n) is 2.42. The Morgan fingerprint density at radius 2 is 1.74 bits per heavy atom. The summed E-state index contributed by atoms with van der Waals surface area (Å²) in [6.45, 7) is 6.92. The van der Waals surface area contributed by atoms with Crippen molar-refractivity contribution in [3.05, 3.63) is 57.4 Å². The highest BCUT2D eigenvalue weighted by Gasteiger charge is 2.21. The number of carbonyl (C=O) groups is 2. The first-order valence-corrected chi connectivity index (χ1v) is 7.31. The standard InChI is InChI=1S/C18H19NO4/c1-10-5-6-14(9-11(10)2)16-8-7-15(18(22)23)17(21)19(16)12(3)13(4)20/h5-9,12H,1-4H3,(H,22,23). The van der Waals surface area contributed by atoms with E-state index in [0.717, 1.165) is 16.7 Å². The van der Waals surface area contributed by atoms with Gasteiger partial charge in [0.05, 0.1) is 11.7 Å². The van der Waals surface area contributed by atoms with E-state index in [1.54, 1.807) is 13.0 Å². The van der Waals surface area contributed by atoms with Gasteiger partial charge in [0.2, 0.25) is 0 Å². The molecular weight excluding hydrogens is 294 g/mol. The molecule has 5 heteroatoms. The number of hydrogen-bond acceptors (Lipinski definition) is 3. The second kappa shape index (κ2) is 6.20. The van der Waals surface area contributed by atoms with Gasteiger partial charge in [0.25, 0.3) is 5.56 Å². The molecule has 0 saturated heterocycles. The van der Waals surface area contributed by atoms with Crippen LogP contribution in [0.15, 0.2) is 35.1 Å². The van der Waals surface area contributed by atoms with Crippen molar-refractivity contribution >= 4 is 11.8 Å². The van der Waals surface area contributed by atoms with E-state index in [1.807, 2.05) is 32.0 Å². The number of pyridine rings is 1. The maximum atomic E-state index is 12.5. The highest BCUT2D eigenvalue weighted by Crippen LogP contribution is 2.24. The van der Waals surface area contributed by atoms with Gasteiger partial charge in [-0.15, -0.1) is 0 Å². The summed E-state index contributed by atoms with van der Waals surface area (Å²) in [6.07, 6.45) is 0. The third-order valence-electron chi connectivity index (χ3n) is 4.13. The topological polar surface area (TPSA) is 76.4 Å². The van der Waals surface area contributed by atoms with E-state index in [2.05, 4.69) is 0 Å². The smallest absolute Gasteiger partial charge is 0.341 e. The molecule has 120 valence electrons. The minimum Gasteiger partial charge on any atom is -0.477 e. The predicted molar refractivity (Wildman–Crippen MR) is 88.0 cm³/mol. The van der Waals surface area contributed by atoms with Crippen molar-refractivity contribution in [1.82, 2.24) is 4.57 Å². The molecule has 1 atom stereocenters. The number of Topliss-reactive ketones (excluding diaryl/α,β-unsaturated/α-hetero) is 1. The van der Waals surface area contributed by atoms with Crippen LogP contribution in [0.2, 0.25) is 0 Å². The van der Waals surface area contributed by atoms with Gasteiger partial charge in [-0.25, -0.2) is 4.79 Å². The molecule has 2 rings (SSSR count). The number of hydrogen-bond donors (Lipinski definition) is 1. The zero-order valence-corrected chi connectivity index (χ0v) is 13.6. The second-order valence-electron chi connectivity index (χ2n) is 5.70.